The van der Waals surface area contributed by atoms with E-state index >= 15 is 0 Å². The van der Waals surface area contributed by atoms with E-state index in [4.69, 9.17) is 4.42 Å². The number of hydrogen-bond donors (Lipinski definition) is 1. The van der Waals surface area contributed by atoms with Gasteiger partial charge in [-0.1, -0.05) is 6.07 Å². The Bertz CT molecular complexity index is 297. The molecule has 0 aliphatic carbocycles. The fourth-order valence-electron chi connectivity index (χ4n) is 1.14. The Balaban J connectivity index is 0.000000980. The van der Waals surface area contributed by atoms with Crippen LogP contribution in [0.3, 0.4) is 0 Å². The molecule has 0 bridgehead atoms. The van der Waals surface area contributed by atoms with Gasteiger partial charge in [-0.05, 0) is 23.6 Å². The number of halogens is 1. The first-order valence-corrected chi connectivity index (χ1v) is 5.08. The van der Waals surface area contributed by atoms with Crippen molar-refractivity contribution in [1.29, 1.82) is 0 Å². The lowest BCUT2D eigenvalue weighted by atomic mass is 10.4. The van der Waals surface area contributed by atoms with Gasteiger partial charge >= 0.3 is 0 Å². The second-order valence-electron chi connectivity index (χ2n) is 2.76. The number of rotatable bonds is 4. The summed E-state index contributed by atoms with van der Waals surface area (Å²) in [7, 11) is 0. The Labute approximate surface area is 93.4 Å². The van der Waals surface area contributed by atoms with Gasteiger partial charge in [0.1, 0.15) is 5.76 Å². The molecule has 0 aliphatic heterocycles. The zero-order valence-electron chi connectivity index (χ0n) is 7.57. The van der Waals surface area contributed by atoms with Crippen molar-refractivity contribution in [3.8, 4) is 0 Å². The molecular weight excluding hydrogens is 218 g/mol. The van der Waals surface area contributed by atoms with Crippen LogP contribution in [0.4, 0.5) is 0 Å². The van der Waals surface area contributed by atoms with Gasteiger partial charge in [-0.15, -0.1) is 11.3 Å². The van der Waals surface area contributed by atoms with Gasteiger partial charge < -0.3 is 22.1 Å². The molecule has 0 saturated heterocycles. The predicted octanol–water partition coefficient (Wildman–Crippen LogP) is -0.365. The normalized spacial score (nSPS) is 9.71. The standard InChI is InChI=1S/C10H11NOS.ClH/c1-3-9(12-5-1)7-11-8-10-4-2-6-13-10;/h1-6,11H,7-8H2;1H/p-1. The molecule has 0 saturated carbocycles. The highest BCUT2D eigenvalue weighted by Gasteiger charge is 1.95. The van der Waals surface area contributed by atoms with Crippen molar-refractivity contribution >= 4 is 11.3 Å². The molecule has 2 aromatic rings. The minimum Gasteiger partial charge on any atom is -1.00 e. The third kappa shape index (κ3) is 3.18. The lowest BCUT2D eigenvalue weighted by Crippen LogP contribution is -3.00. The number of hydrogen-bond acceptors (Lipinski definition) is 3. The molecular formula is C10H11ClNOS-. The van der Waals surface area contributed by atoms with E-state index in [-0.39, 0.29) is 12.4 Å². The number of furan rings is 1. The van der Waals surface area contributed by atoms with Crippen molar-refractivity contribution in [3.63, 3.8) is 0 Å². The first-order chi connectivity index (χ1) is 6.45. The minimum atomic E-state index is 0. The van der Waals surface area contributed by atoms with Crippen LogP contribution in [0, 0.1) is 0 Å². The highest BCUT2D eigenvalue weighted by atomic mass is 35.5. The number of nitrogens with one attached hydrogen (secondary N) is 1. The van der Waals surface area contributed by atoms with Gasteiger partial charge in [0.2, 0.25) is 0 Å². The van der Waals surface area contributed by atoms with E-state index in [9.17, 15) is 0 Å². The Morgan fingerprint density at radius 3 is 2.79 bits per heavy atom. The molecule has 2 rings (SSSR count). The summed E-state index contributed by atoms with van der Waals surface area (Å²) in [6.07, 6.45) is 1.70. The first-order valence-electron chi connectivity index (χ1n) is 4.20. The van der Waals surface area contributed by atoms with E-state index in [1.54, 1.807) is 17.6 Å². The Morgan fingerprint density at radius 1 is 1.21 bits per heavy atom. The van der Waals surface area contributed by atoms with Crippen molar-refractivity contribution in [1.82, 2.24) is 5.32 Å². The molecule has 2 heterocycles. The highest BCUT2D eigenvalue weighted by molar-refractivity contribution is 7.09. The summed E-state index contributed by atoms with van der Waals surface area (Å²) < 4.78 is 5.19. The highest BCUT2D eigenvalue weighted by Crippen LogP contribution is 2.08. The molecule has 1 N–H and O–H groups in total. The molecule has 0 fully saturated rings. The average molecular weight is 229 g/mol. The molecule has 76 valence electrons. The molecule has 0 aliphatic rings. The fourth-order valence-corrected chi connectivity index (χ4v) is 1.81. The van der Waals surface area contributed by atoms with Crippen molar-refractivity contribution in [3.05, 3.63) is 46.5 Å². The van der Waals surface area contributed by atoms with Gasteiger partial charge in [0.05, 0.1) is 12.8 Å². The van der Waals surface area contributed by atoms with Crippen LogP contribution in [0.2, 0.25) is 0 Å². The second-order valence-corrected chi connectivity index (χ2v) is 3.79. The summed E-state index contributed by atoms with van der Waals surface area (Å²) in [5.41, 5.74) is 0. The van der Waals surface area contributed by atoms with Crippen LogP contribution < -0.4 is 17.7 Å². The van der Waals surface area contributed by atoms with Crippen LogP contribution in [-0.2, 0) is 13.1 Å². The van der Waals surface area contributed by atoms with Gasteiger partial charge in [0.15, 0.2) is 0 Å². The lowest BCUT2D eigenvalue weighted by Gasteiger charge is -1.98. The monoisotopic (exact) mass is 228 g/mol. The van der Waals surface area contributed by atoms with E-state index in [0.29, 0.717) is 0 Å². The molecule has 0 amide bonds. The Kier molecular flexibility index (Phi) is 4.73. The van der Waals surface area contributed by atoms with Crippen LogP contribution in [0.25, 0.3) is 0 Å². The quantitative estimate of drug-likeness (QED) is 0.773. The topological polar surface area (TPSA) is 25.2 Å². The summed E-state index contributed by atoms with van der Waals surface area (Å²) in [4.78, 5) is 1.35. The van der Waals surface area contributed by atoms with E-state index < -0.39 is 0 Å². The van der Waals surface area contributed by atoms with Crippen LogP contribution in [-0.4, -0.2) is 0 Å². The molecule has 0 spiro atoms. The summed E-state index contributed by atoms with van der Waals surface area (Å²) in [6.45, 7) is 1.71. The summed E-state index contributed by atoms with van der Waals surface area (Å²) in [6, 6.07) is 8.07. The van der Waals surface area contributed by atoms with Crippen LogP contribution in [0.5, 0.6) is 0 Å². The second kappa shape index (κ2) is 5.86. The zero-order chi connectivity index (χ0) is 8.93. The average Bonchev–Trinajstić information content (AvgIpc) is 2.75. The van der Waals surface area contributed by atoms with E-state index in [2.05, 4.69) is 22.8 Å². The third-order valence-electron chi connectivity index (χ3n) is 1.76. The lowest BCUT2D eigenvalue weighted by molar-refractivity contribution is -0.00000309. The van der Waals surface area contributed by atoms with Gasteiger partial charge in [-0.25, -0.2) is 0 Å². The SMILES string of the molecule is [Cl-].c1coc(CNCc2cccs2)c1. The van der Waals surface area contributed by atoms with Crippen molar-refractivity contribution in [2.75, 3.05) is 0 Å². The molecule has 0 radical (unpaired) electrons. The maximum absolute atomic E-state index is 5.19. The Hall–Kier alpha value is -0.770. The van der Waals surface area contributed by atoms with E-state index in [0.717, 1.165) is 18.8 Å². The van der Waals surface area contributed by atoms with E-state index in [1.165, 1.54) is 4.88 Å². The minimum absolute atomic E-state index is 0. The van der Waals surface area contributed by atoms with Crippen LogP contribution in [0.15, 0.2) is 40.3 Å². The van der Waals surface area contributed by atoms with Gasteiger partial charge in [-0.2, -0.15) is 0 Å². The Morgan fingerprint density at radius 2 is 2.14 bits per heavy atom. The molecule has 0 aromatic carbocycles. The van der Waals surface area contributed by atoms with Crippen molar-refractivity contribution in [2.45, 2.75) is 13.1 Å². The molecule has 2 nitrogen and oxygen atoms in total. The zero-order valence-corrected chi connectivity index (χ0v) is 9.15. The van der Waals surface area contributed by atoms with Crippen LogP contribution in [0.1, 0.15) is 10.6 Å². The first kappa shape index (κ1) is 11.3. The fraction of sp³-hybridized carbons (Fsp3) is 0.200. The summed E-state index contributed by atoms with van der Waals surface area (Å²) >= 11 is 1.77. The van der Waals surface area contributed by atoms with Crippen LogP contribution >= 0.6 is 11.3 Å². The molecule has 0 unspecified atom stereocenters. The maximum atomic E-state index is 5.19. The third-order valence-corrected chi connectivity index (χ3v) is 2.64. The van der Waals surface area contributed by atoms with Gasteiger partial charge in [0.25, 0.3) is 0 Å². The van der Waals surface area contributed by atoms with Crippen molar-refractivity contribution < 1.29 is 16.8 Å². The number of thiophene rings is 1. The molecule has 0 atom stereocenters. The maximum Gasteiger partial charge on any atom is 0.117 e. The molecule has 4 heteroatoms. The largest absolute Gasteiger partial charge is 1.00 e. The van der Waals surface area contributed by atoms with Gasteiger partial charge in [-0.3, -0.25) is 0 Å². The molecule has 14 heavy (non-hydrogen) atoms. The smallest absolute Gasteiger partial charge is 0.117 e. The summed E-state index contributed by atoms with van der Waals surface area (Å²) in [5.74, 6) is 0.983. The molecule has 2 aromatic heterocycles. The van der Waals surface area contributed by atoms with E-state index in [1.807, 2.05) is 12.1 Å². The summed E-state index contributed by atoms with van der Waals surface area (Å²) in [5, 5.41) is 5.39. The van der Waals surface area contributed by atoms with Gasteiger partial charge in [0, 0.05) is 11.4 Å². The predicted molar refractivity (Wildman–Crippen MR) is 53.6 cm³/mol. The van der Waals surface area contributed by atoms with Crippen molar-refractivity contribution in [2.24, 2.45) is 0 Å².